The van der Waals surface area contributed by atoms with Crippen LogP contribution in [0, 0.1) is 11.6 Å². The normalized spacial score (nSPS) is 16.8. The Balaban J connectivity index is 1.28. The first-order valence-corrected chi connectivity index (χ1v) is 12.2. The van der Waals surface area contributed by atoms with Crippen molar-refractivity contribution < 1.29 is 13.3 Å². The Labute approximate surface area is 189 Å². The van der Waals surface area contributed by atoms with Crippen LogP contribution >= 0.6 is 0 Å². The maximum atomic E-state index is 13.4. The van der Waals surface area contributed by atoms with Crippen LogP contribution in [-0.2, 0) is 24.1 Å². The average Bonchev–Trinajstić information content (AvgIpc) is 3.18. The molecule has 2 heterocycles. The molecule has 0 spiro atoms. The lowest BCUT2D eigenvalue weighted by molar-refractivity contribution is 0.445. The Morgan fingerprint density at radius 1 is 0.938 bits per heavy atom. The molecule has 2 unspecified atom stereocenters. The second-order valence-electron chi connectivity index (χ2n) is 8.24. The Morgan fingerprint density at radius 2 is 1.66 bits per heavy atom. The number of hydrogen-bond acceptors (Lipinski definition) is 2. The molecule has 1 aliphatic heterocycles. The van der Waals surface area contributed by atoms with Crippen LogP contribution in [0.4, 0.5) is 8.78 Å². The molecule has 5 rings (SSSR count). The van der Waals surface area contributed by atoms with Crippen LogP contribution in [0.5, 0.6) is 0 Å². The van der Waals surface area contributed by atoms with Crippen molar-refractivity contribution in [2.75, 3.05) is 5.75 Å². The van der Waals surface area contributed by atoms with Gasteiger partial charge in [-0.05, 0) is 83.2 Å². The monoisotopic (exact) mass is 450 g/mol. The molecule has 0 aliphatic carbocycles. The predicted octanol–water partition coefficient (Wildman–Crippen LogP) is 5.72. The largest absolute Gasteiger partial charge is 0.611 e. The Kier molecular flexibility index (Phi) is 6.00. The molecule has 2 N–H and O–H groups in total. The van der Waals surface area contributed by atoms with Crippen molar-refractivity contribution in [3.05, 3.63) is 89.6 Å². The zero-order valence-electron chi connectivity index (χ0n) is 17.5. The lowest BCUT2D eigenvalue weighted by atomic mass is 9.94. The summed E-state index contributed by atoms with van der Waals surface area (Å²) >= 11 is -1.11. The fraction of sp³-hybridized carbons (Fsp3) is 0.231. The minimum absolute atomic E-state index is 0.234. The first-order chi connectivity index (χ1) is 15.6. The standard InChI is InChI=1S/C26H24F2N2OS/c27-18-8-6-17(7-9-18)22-4-1-5-24-26(22)23-16-29-20(15-25(23)30-24)3-2-14-32(31)21-12-10-19(28)11-13-21/h1,4-13,20,29-30H,2-3,14-16H2. The van der Waals surface area contributed by atoms with Crippen LogP contribution < -0.4 is 5.32 Å². The summed E-state index contributed by atoms with van der Waals surface area (Å²) in [6.45, 7) is 0.763. The molecule has 1 aromatic heterocycles. The van der Waals surface area contributed by atoms with E-state index in [4.69, 9.17) is 0 Å². The van der Waals surface area contributed by atoms with Gasteiger partial charge in [-0.1, -0.05) is 24.3 Å². The van der Waals surface area contributed by atoms with Gasteiger partial charge in [-0.15, -0.1) is 0 Å². The number of nitrogens with one attached hydrogen (secondary N) is 2. The topological polar surface area (TPSA) is 50.9 Å². The molecular formula is C26H24F2N2OS. The predicted molar refractivity (Wildman–Crippen MR) is 125 cm³/mol. The number of benzene rings is 3. The number of aromatic nitrogens is 1. The second-order valence-corrected chi connectivity index (χ2v) is 9.82. The molecule has 0 bridgehead atoms. The van der Waals surface area contributed by atoms with Gasteiger partial charge in [-0.3, -0.25) is 0 Å². The minimum atomic E-state index is -1.11. The summed E-state index contributed by atoms with van der Waals surface area (Å²) in [6.07, 6.45) is 2.64. The quantitative estimate of drug-likeness (QED) is 0.370. The number of halogens is 2. The lowest BCUT2D eigenvalue weighted by Crippen LogP contribution is -2.35. The van der Waals surface area contributed by atoms with E-state index in [9.17, 15) is 13.3 Å². The summed E-state index contributed by atoms with van der Waals surface area (Å²) in [6, 6.07) is 19.1. The third-order valence-corrected chi connectivity index (χ3v) is 7.61. The van der Waals surface area contributed by atoms with Gasteiger partial charge in [0.2, 0.25) is 0 Å². The van der Waals surface area contributed by atoms with Gasteiger partial charge in [-0.25, -0.2) is 8.78 Å². The van der Waals surface area contributed by atoms with E-state index >= 15 is 0 Å². The summed E-state index contributed by atoms with van der Waals surface area (Å²) in [4.78, 5) is 4.26. The van der Waals surface area contributed by atoms with Gasteiger partial charge in [0.05, 0.1) is 0 Å². The van der Waals surface area contributed by atoms with E-state index < -0.39 is 11.2 Å². The maximum Gasteiger partial charge on any atom is 0.152 e. The molecule has 3 nitrogen and oxygen atoms in total. The van der Waals surface area contributed by atoms with E-state index in [1.165, 1.54) is 40.9 Å². The highest BCUT2D eigenvalue weighted by Gasteiger charge is 2.24. The van der Waals surface area contributed by atoms with E-state index in [1.807, 2.05) is 18.2 Å². The molecule has 0 saturated carbocycles. The Hall–Kier alpha value is -2.67. The van der Waals surface area contributed by atoms with Crippen LogP contribution in [0.2, 0.25) is 0 Å². The van der Waals surface area contributed by atoms with Crippen LogP contribution in [0.25, 0.3) is 22.0 Å². The summed E-state index contributed by atoms with van der Waals surface area (Å²) in [5, 5.41) is 4.83. The highest BCUT2D eigenvalue weighted by molar-refractivity contribution is 7.91. The molecule has 164 valence electrons. The highest BCUT2D eigenvalue weighted by Crippen LogP contribution is 2.35. The van der Waals surface area contributed by atoms with Gasteiger partial charge in [0, 0.05) is 35.6 Å². The van der Waals surface area contributed by atoms with E-state index in [1.54, 1.807) is 12.1 Å². The average molecular weight is 451 g/mol. The molecule has 3 aromatic carbocycles. The lowest BCUT2D eigenvalue weighted by Gasteiger charge is -2.24. The van der Waals surface area contributed by atoms with Gasteiger partial charge < -0.3 is 14.9 Å². The first kappa shape index (κ1) is 21.2. The van der Waals surface area contributed by atoms with Crippen molar-refractivity contribution in [1.82, 2.24) is 10.3 Å². The van der Waals surface area contributed by atoms with Gasteiger partial charge in [0.25, 0.3) is 0 Å². The number of fused-ring (bicyclic) bond motifs is 3. The van der Waals surface area contributed by atoms with E-state index in [2.05, 4.69) is 22.4 Å². The van der Waals surface area contributed by atoms with Crippen molar-refractivity contribution in [1.29, 1.82) is 0 Å². The summed E-state index contributed by atoms with van der Waals surface area (Å²) in [5.74, 6) is 0.0220. The van der Waals surface area contributed by atoms with Gasteiger partial charge in [-0.2, -0.15) is 0 Å². The molecule has 32 heavy (non-hydrogen) atoms. The van der Waals surface area contributed by atoms with Crippen LogP contribution in [0.15, 0.2) is 71.6 Å². The molecule has 0 saturated heterocycles. The van der Waals surface area contributed by atoms with Gasteiger partial charge in [0.15, 0.2) is 4.90 Å². The Morgan fingerprint density at radius 3 is 2.41 bits per heavy atom. The third kappa shape index (κ3) is 4.31. The van der Waals surface area contributed by atoms with Crippen molar-refractivity contribution in [2.45, 2.75) is 36.7 Å². The molecule has 2 atom stereocenters. The first-order valence-electron chi connectivity index (χ1n) is 10.8. The van der Waals surface area contributed by atoms with E-state index in [-0.39, 0.29) is 11.6 Å². The summed E-state index contributed by atoms with van der Waals surface area (Å²) < 4.78 is 38.9. The van der Waals surface area contributed by atoms with Gasteiger partial charge >= 0.3 is 0 Å². The maximum absolute atomic E-state index is 13.4. The van der Waals surface area contributed by atoms with Crippen molar-refractivity contribution in [3.8, 4) is 11.1 Å². The molecule has 4 aromatic rings. The minimum Gasteiger partial charge on any atom is -0.611 e. The van der Waals surface area contributed by atoms with Crippen LogP contribution in [-0.4, -0.2) is 21.3 Å². The molecule has 1 aliphatic rings. The van der Waals surface area contributed by atoms with Crippen molar-refractivity contribution >= 4 is 22.1 Å². The molecule has 0 radical (unpaired) electrons. The van der Waals surface area contributed by atoms with Crippen LogP contribution in [0.1, 0.15) is 24.1 Å². The Bertz CT molecular complexity index is 1220. The van der Waals surface area contributed by atoms with E-state index in [0.717, 1.165) is 42.5 Å². The number of H-pyrrole nitrogens is 1. The second kappa shape index (κ2) is 9.06. The number of aromatic amines is 1. The van der Waals surface area contributed by atoms with Gasteiger partial charge in [0.1, 0.15) is 17.4 Å². The molecule has 6 heteroatoms. The fourth-order valence-corrected chi connectivity index (χ4v) is 5.65. The summed E-state index contributed by atoms with van der Waals surface area (Å²) in [5.41, 5.74) is 5.71. The number of hydrogen-bond donors (Lipinski definition) is 2. The molecular weight excluding hydrogens is 426 g/mol. The molecule has 0 fully saturated rings. The smallest absolute Gasteiger partial charge is 0.152 e. The van der Waals surface area contributed by atoms with E-state index in [0.29, 0.717) is 16.7 Å². The highest BCUT2D eigenvalue weighted by atomic mass is 32.2. The summed E-state index contributed by atoms with van der Waals surface area (Å²) in [7, 11) is 0. The van der Waals surface area contributed by atoms with Crippen molar-refractivity contribution in [2.24, 2.45) is 0 Å². The fourth-order valence-electron chi connectivity index (χ4n) is 4.54. The number of rotatable bonds is 6. The zero-order valence-corrected chi connectivity index (χ0v) is 18.4. The zero-order chi connectivity index (χ0) is 22.1. The third-order valence-electron chi connectivity index (χ3n) is 6.15. The van der Waals surface area contributed by atoms with Crippen molar-refractivity contribution in [3.63, 3.8) is 0 Å². The van der Waals surface area contributed by atoms with Crippen LogP contribution in [0.3, 0.4) is 0 Å². The SMILES string of the molecule is [O-][S+](CCCC1Cc2[nH]c3cccc(-c4ccc(F)cc4)c3c2CN1)c1ccc(F)cc1. The molecule has 0 amide bonds.